The number of piperazine rings is 1. The number of rotatable bonds is 1. The van der Waals surface area contributed by atoms with Crippen LogP contribution in [0.1, 0.15) is 5.69 Å². The van der Waals surface area contributed by atoms with Crippen LogP contribution in [0.2, 0.25) is 0 Å². The van der Waals surface area contributed by atoms with Gasteiger partial charge in [0.05, 0.1) is 16.6 Å². The zero-order valence-electron chi connectivity index (χ0n) is 11.5. The molecule has 0 amide bonds. The summed E-state index contributed by atoms with van der Waals surface area (Å²) in [5.74, 6) is 0. The van der Waals surface area contributed by atoms with Crippen LogP contribution in [0.5, 0.6) is 0 Å². The van der Waals surface area contributed by atoms with Gasteiger partial charge in [-0.25, -0.2) is 4.98 Å². The first-order valence-electron chi connectivity index (χ1n) is 7.03. The Bertz CT molecular complexity index is 770. The van der Waals surface area contributed by atoms with Crippen LogP contribution >= 0.6 is 0 Å². The summed E-state index contributed by atoms with van der Waals surface area (Å²) in [7, 11) is 0. The molecule has 0 radical (unpaired) electrons. The van der Waals surface area contributed by atoms with Crippen molar-refractivity contribution >= 4 is 27.6 Å². The molecule has 1 aromatic carbocycles. The fourth-order valence-corrected chi connectivity index (χ4v) is 3.02. The first-order chi connectivity index (χ1) is 9.84. The summed E-state index contributed by atoms with van der Waals surface area (Å²) in [4.78, 5) is 7.12. The summed E-state index contributed by atoms with van der Waals surface area (Å²) in [5.41, 5.74) is 4.19. The number of aromatic nitrogens is 3. The number of pyridine rings is 1. The summed E-state index contributed by atoms with van der Waals surface area (Å²) in [6.45, 7) is 6.16. The lowest BCUT2D eigenvalue weighted by Crippen LogP contribution is -2.43. The van der Waals surface area contributed by atoms with E-state index in [1.54, 1.807) is 0 Å². The van der Waals surface area contributed by atoms with Gasteiger partial charge in [-0.3, -0.25) is 5.10 Å². The third-order valence-electron chi connectivity index (χ3n) is 3.98. The number of aromatic amines is 1. The number of hydrogen-bond donors (Lipinski definition) is 2. The molecule has 3 heterocycles. The van der Waals surface area contributed by atoms with Crippen LogP contribution in [-0.4, -0.2) is 41.4 Å². The fraction of sp³-hybridized carbons (Fsp3) is 0.333. The average molecular weight is 267 g/mol. The molecule has 0 bridgehead atoms. The van der Waals surface area contributed by atoms with Crippen molar-refractivity contribution in [1.82, 2.24) is 20.5 Å². The van der Waals surface area contributed by atoms with E-state index < -0.39 is 0 Å². The highest BCUT2D eigenvalue weighted by molar-refractivity contribution is 6.07. The number of anilines is 1. The SMILES string of the molecule is Cc1[nH]nc2nc3ccccc3c(N3CCNCC3)c12. The normalized spacial score (nSPS) is 16.1. The number of nitrogens with one attached hydrogen (secondary N) is 2. The molecule has 1 aliphatic heterocycles. The highest BCUT2D eigenvalue weighted by atomic mass is 15.2. The molecule has 0 saturated carbocycles. The number of hydrogen-bond acceptors (Lipinski definition) is 4. The Kier molecular flexibility index (Phi) is 2.60. The number of nitrogens with zero attached hydrogens (tertiary/aromatic N) is 3. The van der Waals surface area contributed by atoms with E-state index in [1.807, 2.05) is 6.07 Å². The van der Waals surface area contributed by atoms with Crippen LogP contribution in [0.25, 0.3) is 21.9 Å². The number of benzene rings is 1. The molecule has 5 heteroatoms. The van der Waals surface area contributed by atoms with Gasteiger partial charge in [0.1, 0.15) is 0 Å². The monoisotopic (exact) mass is 267 g/mol. The second-order valence-corrected chi connectivity index (χ2v) is 5.26. The van der Waals surface area contributed by atoms with E-state index in [4.69, 9.17) is 0 Å². The predicted molar refractivity (Wildman–Crippen MR) is 81.2 cm³/mol. The average Bonchev–Trinajstić information content (AvgIpc) is 2.87. The molecule has 0 aliphatic carbocycles. The Balaban J connectivity index is 2.07. The highest BCUT2D eigenvalue weighted by Gasteiger charge is 2.20. The maximum absolute atomic E-state index is 4.67. The number of aryl methyl sites for hydroxylation is 1. The van der Waals surface area contributed by atoms with E-state index in [9.17, 15) is 0 Å². The van der Waals surface area contributed by atoms with Gasteiger partial charge in [-0.05, 0) is 13.0 Å². The molecule has 1 aliphatic rings. The van der Waals surface area contributed by atoms with E-state index in [2.05, 4.69) is 50.5 Å². The minimum Gasteiger partial charge on any atom is -0.368 e. The minimum atomic E-state index is 0.815. The van der Waals surface area contributed by atoms with Crippen molar-refractivity contribution in [2.24, 2.45) is 0 Å². The lowest BCUT2D eigenvalue weighted by atomic mass is 10.1. The Hall–Kier alpha value is -2.14. The molecule has 1 fully saturated rings. The molecular formula is C15H17N5. The Labute approximate surface area is 117 Å². The molecule has 0 atom stereocenters. The van der Waals surface area contributed by atoms with Crippen LogP contribution in [0.4, 0.5) is 5.69 Å². The first-order valence-corrected chi connectivity index (χ1v) is 7.03. The van der Waals surface area contributed by atoms with Crippen molar-refractivity contribution in [2.75, 3.05) is 31.1 Å². The summed E-state index contributed by atoms with van der Waals surface area (Å²) < 4.78 is 0. The molecular weight excluding hydrogens is 250 g/mol. The zero-order chi connectivity index (χ0) is 13.5. The van der Waals surface area contributed by atoms with Gasteiger partial charge in [-0.1, -0.05) is 18.2 Å². The Morgan fingerprint density at radius 3 is 2.80 bits per heavy atom. The van der Waals surface area contributed by atoms with Gasteiger partial charge in [0.25, 0.3) is 0 Å². The number of fused-ring (bicyclic) bond motifs is 2. The quantitative estimate of drug-likeness (QED) is 0.706. The molecule has 4 rings (SSSR count). The smallest absolute Gasteiger partial charge is 0.183 e. The largest absolute Gasteiger partial charge is 0.368 e. The van der Waals surface area contributed by atoms with E-state index in [0.717, 1.165) is 48.4 Å². The highest BCUT2D eigenvalue weighted by Crippen LogP contribution is 2.34. The van der Waals surface area contributed by atoms with Crippen molar-refractivity contribution in [1.29, 1.82) is 0 Å². The maximum Gasteiger partial charge on any atom is 0.183 e. The molecule has 102 valence electrons. The minimum absolute atomic E-state index is 0.815. The standard InChI is InChI=1S/C15H17N5/c1-10-13-14(20-8-6-16-7-9-20)11-4-2-3-5-12(11)17-15(13)19-18-10/h2-5,16H,6-9H2,1H3,(H,17,18,19). The van der Waals surface area contributed by atoms with E-state index in [0.29, 0.717) is 0 Å². The van der Waals surface area contributed by atoms with Gasteiger partial charge in [-0.15, -0.1) is 0 Å². The van der Waals surface area contributed by atoms with E-state index >= 15 is 0 Å². The first kappa shape index (κ1) is 11.7. The molecule has 20 heavy (non-hydrogen) atoms. The molecule has 2 aromatic heterocycles. The molecule has 2 N–H and O–H groups in total. The van der Waals surface area contributed by atoms with Crippen LogP contribution < -0.4 is 10.2 Å². The number of H-pyrrole nitrogens is 1. The van der Waals surface area contributed by atoms with Crippen LogP contribution in [0.15, 0.2) is 24.3 Å². The zero-order valence-corrected chi connectivity index (χ0v) is 11.5. The summed E-state index contributed by atoms with van der Waals surface area (Å²) >= 11 is 0. The van der Waals surface area contributed by atoms with Crippen molar-refractivity contribution in [3.05, 3.63) is 30.0 Å². The van der Waals surface area contributed by atoms with Gasteiger partial charge >= 0.3 is 0 Å². The molecule has 5 nitrogen and oxygen atoms in total. The van der Waals surface area contributed by atoms with Crippen LogP contribution in [0, 0.1) is 6.92 Å². The third-order valence-corrected chi connectivity index (χ3v) is 3.98. The van der Waals surface area contributed by atoms with Crippen molar-refractivity contribution in [2.45, 2.75) is 6.92 Å². The lowest BCUT2D eigenvalue weighted by molar-refractivity contribution is 0.591. The van der Waals surface area contributed by atoms with Crippen molar-refractivity contribution < 1.29 is 0 Å². The van der Waals surface area contributed by atoms with Gasteiger partial charge in [-0.2, -0.15) is 5.10 Å². The van der Waals surface area contributed by atoms with Gasteiger partial charge < -0.3 is 10.2 Å². The molecule has 1 saturated heterocycles. The second kappa shape index (κ2) is 4.45. The number of para-hydroxylation sites is 1. The van der Waals surface area contributed by atoms with E-state index in [-0.39, 0.29) is 0 Å². The van der Waals surface area contributed by atoms with Gasteiger partial charge in [0.15, 0.2) is 5.65 Å². The lowest BCUT2D eigenvalue weighted by Gasteiger charge is -2.31. The topological polar surface area (TPSA) is 56.8 Å². The van der Waals surface area contributed by atoms with Gasteiger partial charge in [0.2, 0.25) is 0 Å². The van der Waals surface area contributed by atoms with Crippen molar-refractivity contribution in [3.8, 4) is 0 Å². The Morgan fingerprint density at radius 2 is 1.95 bits per heavy atom. The van der Waals surface area contributed by atoms with E-state index in [1.165, 1.54) is 11.1 Å². The summed E-state index contributed by atoms with van der Waals surface area (Å²) in [5, 5.41) is 13.2. The van der Waals surface area contributed by atoms with Crippen LogP contribution in [0.3, 0.4) is 0 Å². The fourth-order valence-electron chi connectivity index (χ4n) is 3.02. The van der Waals surface area contributed by atoms with Gasteiger partial charge in [0, 0.05) is 37.3 Å². The maximum atomic E-state index is 4.67. The molecule has 3 aromatic rings. The molecule has 0 unspecified atom stereocenters. The second-order valence-electron chi connectivity index (χ2n) is 5.26. The summed E-state index contributed by atoms with van der Waals surface area (Å²) in [6.07, 6.45) is 0. The van der Waals surface area contributed by atoms with Crippen LogP contribution in [-0.2, 0) is 0 Å². The molecule has 0 spiro atoms. The summed E-state index contributed by atoms with van der Waals surface area (Å²) in [6, 6.07) is 8.33. The van der Waals surface area contributed by atoms with Crippen molar-refractivity contribution in [3.63, 3.8) is 0 Å². The Morgan fingerprint density at radius 1 is 1.15 bits per heavy atom. The predicted octanol–water partition coefficient (Wildman–Crippen LogP) is 1.83. The third kappa shape index (κ3) is 1.67.